The number of furan rings is 1. The fourth-order valence-electron chi connectivity index (χ4n) is 4.28. The molecule has 0 saturated carbocycles. The van der Waals surface area contributed by atoms with Crippen molar-refractivity contribution in [3.63, 3.8) is 0 Å². The van der Waals surface area contributed by atoms with Crippen LogP contribution in [0.3, 0.4) is 0 Å². The molecule has 0 radical (unpaired) electrons. The monoisotopic (exact) mass is 578 g/mol. The van der Waals surface area contributed by atoms with Crippen LogP contribution in [0.5, 0.6) is 5.75 Å². The van der Waals surface area contributed by atoms with Crippen LogP contribution in [0.4, 0.5) is 0 Å². The quantitative estimate of drug-likeness (QED) is 0.261. The first-order chi connectivity index (χ1) is 19.1. The Labute approximate surface area is 236 Å². The highest BCUT2D eigenvalue weighted by molar-refractivity contribution is 7.99. The van der Waals surface area contributed by atoms with Crippen LogP contribution in [0, 0.1) is 6.92 Å². The van der Waals surface area contributed by atoms with Crippen molar-refractivity contribution in [2.45, 2.75) is 50.1 Å². The van der Waals surface area contributed by atoms with E-state index in [4.69, 9.17) is 13.9 Å². The van der Waals surface area contributed by atoms with Crippen LogP contribution in [0.25, 0.3) is 6.08 Å². The van der Waals surface area contributed by atoms with Crippen molar-refractivity contribution in [3.05, 3.63) is 101 Å². The Kier molecular flexibility index (Phi) is 7.63. The number of aromatic amines is 1. The number of allylic oxidation sites excluding steroid dienone is 1. The molecule has 0 aliphatic carbocycles. The molecule has 1 N–H and O–H groups in total. The second-order valence-corrected chi connectivity index (χ2v) is 11.3. The van der Waals surface area contributed by atoms with Crippen LogP contribution in [-0.2, 0) is 9.53 Å². The maximum absolute atomic E-state index is 13.8. The molecule has 1 atom stereocenters. The van der Waals surface area contributed by atoms with Crippen molar-refractivity contribution in [2.24, 2.45) is 4.99 Å². The van der Waals surface area contributed by atoms with Gasteiger partial charge in [-0.15, -0.1) is 0 Å². The van der Waals surface area contributed by atoms with Crippen molar-refractivity contribution >= 4 is 35.1 Å². The standard InChI is InChI=1S/C28H26N4O6S2/c1-14(2)37-26(35)23-16(4)30-28-32(24(23)17-7-6-8-18(12-17)36-5)25(34)20(39-28)13-19-9-10-22(38-19)40-27-29-15(3)11-21(33)31-27/h6-14,24H,1-5H3,(H,29,31,33)/b20-13-/t24-/m0/s1. The molecule has 4 heterocycles. The van der Waals surface area contributed by atoms with Crippen LogP contribution < -0.4 is 25.2 Å². The number of ether oxygens (including phenoxy) is 2. The van der Waals surface area contributed by atoms with E-state index in [0.29, 0.717) is 48.0 Å². The molecule has 0 bridgehead atoms. The predicted molar refractivity (Wildman–Crippen MR) is 150 cm³/mol. The first kappa shape index (κ1) is 27.4. The summed E-state index contributed by atoms with van der Waals surface area (Å²) < 4.78 is 18.7. The number of hydrogen-bond acceptors (Lipinski definition) is 10. The van der Waals surface area contributed by atoms with E-state index in [1.807, 2.05) is 12.1 Å². The Morgan fingerprint density at radius 1 is 1.20 bits per heavy atom. The third-order valence-electron chi connectivity index (χ3n) is 5.91. The Morgan fingerprint density at radius 3 is 2.73 bits per heavy atom. The predicted octanol–water partition coefficient (Wildman–Crippen LogP) is 3.33. The highest BCUT2D eigenvalue weighted by atomic mass is 32.2. The van der Waals surface area contributed by atoms with Gasteiger partial charge in [-0.25, -0.2) is 14.8 Å². The molecular weight excluding hydrogens is 552 g/mol. The van der Waals surface area contributed by atoms with Gasteiger partial charge >= 0.3 is 5.97 Å². The molecule has 1 aliphatic heterocycles. The van der Waals surface area contributed by atoms with Gasteiger partial charge in [0.15, 0.2) is 15.1 Å². The Bertz CT molecular complexity index is 1880. The van der Waals surface area contributed by atoms with Gasteiger partial charge in [0.05, 0.1) is 35.1 Å². The number of fused-ring (bicyclic) bond motifs is 1. The van der Waals surface area contributed by atoms with Gasteiger partial charge in [0.25, 0.3) is 11.1 Å². The minimum Gasteiger partial charge on any atom is -0.497 e. The van der Waals surface area contributed by atoms with Gasteiger partial charge in [-0.3, -0.25) is 14.2 Å². The van der Waals surface area contributed by atoms with E-state index in [1.165, 1.54) is 33.7 Å². The first-order valence-electron chi connectivity index (χ1n) is 12.4. The number of aryl methyl sites for hydroxylation is 1. The van der Waals surface area contributed by atoms with Crippen LogP contribution in [0.2, 0.25) is 0 Å². The lowest BCUT2D eigenvalue weighted by atomic mass is 9.95. The largest absolute Gasteiger partial charge is 0.497 e. The van der Waals surface area contributed by atoms with Crippen LogP contribution >= 0.6 is 23.1 Å². The normalized spacial score (nSPS) is 15.2. The number of rotatable bonds is 7. The maximum atomic E-state index is 13.8. The number of nitrogens with zero attached hydrogens (tertiary/aromatic N) is 3. The van der Waals surface area contributed by atoms with Crippen molar-refractivity contribution in [2.75, 3.05) is 7.11 Å². The lowest BCUT2D eigenvalue weighted by molar-refractivity contribution is -0.143. The number of H-pyrrole nitrogens is 1. The molecule has 5 rings (SSSR count). The molecule has 4 aromatic rings. The van der Waals surface area contributed by atoms with Crippen molar-refractivity contribution in [3.8, 4) is 5.75 Å². The molecule has 0 fully saturated rings. The summed E-state index contributed by atoms with van der Waals surface area (Å²) in [5.74, 6) is 0.501. The van der Waals surface area contributed by atoms with Crippen molar-refractivity contribution < 1.29 is 18.7 Å². The third kappa shape index (κ3) is 5.58. The molecule has 0 unspecified atom stereocenters. The summed E-state index contributed by atoms with van der Waals surface area (Å²) in [4.78, 5) is 50.8. The molecule has 3 aromatic heterocycles. The van der Waals surface area contributed by atoms with Crippen LogP contribution in [-0.4, -0.2) is 33.7 Å². The summed E-state index contributed by atoms with van der Waals surface area (Å²) in [6.45, 7) is 7.01. The molecule has 1 aliphatic rings. The Balaban J connectivity index is 1.58. The van der Waals surface area contributed by atoms with E-state index in [-0.39, 0.29) is 22.8 Å². The fourth-order valence-corrected chi connectivity index (χ4v) is 6.11. The highest BCUT2D eigenvalue weighted by Crippen LogP contribution is 2.32. The molecule has 0 amide bonds. The summed E-state index contributed by atoms with van der Waals surface area (Å²) in [6.07, 6.45) is 1.29. The topological polar surface area (TPSA) is 129 Å². The number of carbonyl (C=O) groups is 1. The van der Waals surface area contributed by atoms with Gasteiger partial charge in [0.2, 0.25) is 0 Å². The highest BCUT2D eigenvalue weighted by Gasteiger charge is 2.34. The minimum atomic E-state index is -0.758. The number of nitrogens with one attached hydrogen (secondary N) is 1. The molecular formula is C28H26N4O6S2. The second kappa shape index (κ2) is 11.1. The third-order valence-corrected chi connectivity index (χ3v) is 7.70. The molecule has 40 heavy (non-hydrogen) atoms. The molecule has 206 valence electrons. The lowest BCUT2D eigenvalue weighted by Gasteiger charge is -2.25. The summed E-state index contributed by atoms with van der Waals surface area (Å²) in [6, 6.07) is 11.4. The summed E-state index contributed by atoms with van der Waals surface area (Å²) in [7, 11) is 1.56. The van der Waals surface area contributed by atoms with Gasteiger partial charge in [-0.1, -0.05) is 23.5 Å². The molecule has 0 spiro atoms. The van der Waals surface area contributed by atoms with E-state index in [0.717, 1.165) is 0 Å². The SMILES string of the molecule is COc1cccc([C@H]2C(C(=O)OC(C)C)=C(C)N=c3s/c(=C\c4ccc(Sc5nc(C)cc(=O)[nH]5)o4)c(=O)n32)c1. The summed E-state index contributed by atoms with van der Waals surface area (Å²) >= 11 is 2.36. The molecule has 10 nitrogen and oxygen atoms in total. The van der Waals surface area contributed by atoms with E-state index >= 15 is 0 Å². The van der Waals surface area contributed by atoms with Crippen LogP contribution in [0.1, 0.15) is 43.8 Å². The minimum absolute atomic E-state index is 0.250. The average Bonchev–Trinajstić information content (AvgIpc) is 3.45. The van der Waals surface area contributed by atoms with Gasteiger partial charge in [-0.2, -0.15) is 0 Å². The summed E-state index contributed by atoms with van der Waals surface area (Å²) in [5.41, 5.74) is 1.47. The zero-order valence-electron chi connectivity index (χ0n) is 22.4. The van der Waals surface area contributed by atoms with Crippen LogP contribution in [0.15, 0.2) is 83.0 Å². The maximum Gasteiger partial charge on any atom is 0.338 e. The molecule has 0 saturated heterocycles. The Morgan fingerprint density at radius 2 is 2.00 bits per heavy atom. The van der Waals surface area contributed by atoms with E-state index in [9.17, 15) is 14.4 Å². The molecule has 12 heteroatoms. The lowest BCUT2D eigenvalue weighted by Crippen LogP contribution is -2.40. The zero-order valence-corrected chi connectivity index (χ0v) is 24.0. The number of thiazole rings is 1. The van der Waals surface area contributed by atoms with Crippen molar-refractivity contribution in [1.29, 1.82) is 0 Å². The number of esters is 1. The van der Waals surface area contributed by atoms with E-state index in [2.05, 4.69) is 15.0 Å². The van der Waals surface area contributed by atoms with E-state index < -0.39 is 12.0 Å². The number of hydrogen-bond donors (Lipinski definition) is 1. The summed E-state index contributed by atoms with van der Waals surface area (Å²) in [5, 5.41) is 0.899. The van der Waals surface area contributed by atoms with Gasteiger partial charge in [-0.05, 0) is 69.3 Å². The number of methoxy groups -OCH3 is 1. The van der Waals surface area contributed by atoms with Crippen molar-refractivity contribution in [1.82, 2.24) is 14.5 Å². The first-order valence-corrected chi connectivity index (χ1v) is 14.0. The smallest absolute Gasteiger partial charge is 0.338 e. The van der Waals surface area contributed by atoms with Gasteiger partial charge in [0, 0.05) is 17.8 Å². The van der Waals surface area contributed by atoms with Gasteiger partial charge < -0.3 is 18.9 Å². The second-order valence-electron chi connectivity index (χ2n) is 9.26. The average molecular weight is 579 g/mol. The van der Waals surface area contributed by atoms with Gasteiger partial charge in [0.1, 0.15) is 11.5 Å². The van der Waals surface area contributed by atoms with E-state index in [1.54, 1.807) is 65.1 Å². The fraction of sp³-hybridized carbons (Fsp3) is 0.250. The molecule has 1 aromatic carbocycles. The number of benzene rings is 1. The number of aromatic nitrogens is 3. The number of carbonyl (C=O) groups excluding carboxylic acids is 1. The zero-order chi connectivity index (χ0) is 28.6. The Hall–Kier alpha value is -4.16.